The first kappa shape index (κ1) is 15.3. The van der Waals surface area contributed by atoms with Crippen LogP contribution in [0.15, 0.2) is 0 Å². The fraction of sp³-hybridized carbons (Fsp3) is 0.875. The molecular weight excluding hydrogens is 254 g/mol. The normalized spacial score (nSPS) is 26.2. The van der Waals surface area contributed by atoms with Crippen LogP contribution in [0.25, 0.3) is 0 Å². The van der Waals surface area contributed by atoms with Gasteiger partial charge in [0.25, 0.3) is 0 Å². The summed E-state index contributed by atoms with van der Waals surface area (Å²) in [4.78, 5) is 23.5. The first-order chi connectivity index (χ1) is 9.13. The van der Waals surface area contributed by atoms with Crippen LogP contribution in [0, 0.1) is 22.2 Å². The molecule has 0 aromatic heterocycles. The molecule has 0 heterocycles. The third-order valence-electron chi connectivity index (χ3n) is 6.34. The quantitative estimate of drug-likeness (QED) is 0.814. The highest BCUT2D eigenvalue weighted by molar-refractivity contribution is 5.85. The second-order valence-electron chi connectivity index (χ2n) is 7.77. The van der Waals surface area contributed by atoms with Gasteiger partial charge in [0.2, 0.25) is 5.91 Å². The Bertz CT molecular complexity index is 405. The van der Waals surface area contributed by atoms with Gasteiger partial charge in [-0.15, -0.1) is 0 Å². The van der Waals surface area contributed by atoms with Gasteiger partial charge >= 0.3 is 5.97 Å². The standard InChI is InChI=1S/C16H27NO3/c1-14(2)11(15(14,3)4)10-17-12(18)9-16(13(19)20)7-5-6-8-16/h11H,5-10H2,1-4H3,(H,17,18)(H,19,20). The first-order valence-electron chi connectivity index (χ1n) is 7.64. The van der Waals surface area contributed by atoms with Gasteiger partial charge in [0.1, 0.15) is 0 Å². The number of carbonyl (C=O) groups excluding carboxylic acids is 1. The Morgan fingerprint density at radius 1 is 1.10 bits per heavy atom. The van der Waals surface area contributed by atoms with Crippen molar-refractivity contribution in [2.75, 3.05) is 6.54 Å². The minimum Gasteiger partial charge on any atom is -0.481 e. The molecular formula is C16H27NO3. The molecule has 2 aliphatic carbocycles. The van der Waals surface area contributed by atoms with Crippen LogP contribution < -0.4 is 5.32 Å². The monoisotopic (exact) mass is 281 g/mol. The van der Waals surface area contributed by atoms with E-state index in [1.807, 2.05) is 0 Å². The molecule has 0 saturated heterocycles. The Morgan fingerprint density at radius 3 is 2.00 bits per heavy atom. The second kappa shape index (κ2) is 4.74. The molecule has 0 atom stereocenters. The molecule has 20 heavy (non-hydrogen) atoms. The van der Waals surface area contributed by atoms with Gasteiger partial charge in [0, 0.05) is 13.0 Å². The summed E-state index contributed by atoms with van der Waals surface area (Å²) in [5.74, 6) is -0.437. The van der Waals surface area contributed by atoms with E-state index >= 15 is 0 Å². The van der Waals surface area contributed by atoms with Crippen LogP contribution >= 0.6 is 0 Å². The lowest BCUT2D eigenvalue weighted by atomic mass is 9.82. The molecule has 1 amide bonds. The molecule has 0 aromatic carbocycles. The van der Waals surface area contributed by atoms with Crippen LogP contribution in [0.5, 0.6) is 0 Å². The van der Waals surface area contributed by atoms with Gasteiger partial charge < -0.3 is 10.4 Å². The molecule has 4 nitrogen and oxygen atoms in total. The SMILES string of the molecule is CC1(C)C(CNC(=O)CC2(C(=O)O)CCCC2)C1(C)C. The Hall–Kier alpha value is -1.06. The molecule has 2 saturated carbocycles. The molecule has 0 radical (unpaired) electrons. The molecule has 0 spiro atoms. The van der Waals surface area contributed by atoms with Crippen LogP contribution in [-0.2, 0) is 9.59 Å². The maximum absolute atomic E-state index is 12.1. The van der Waals surface area contributed by atoms with E-state index in [0.717, 1.165) is 12.8 Å². The Kier molecular flexibility index (Phi) is 3.64. The van der Waals surface area contributed by atoms with E-state index < -0.39 is 11.4 Å². The van der Waals surface area contributed by atoms with Gasteiger partial charge in [0.05, 0.1) is 5.41 Å². The highest BCUT2D eigenvalue weighted by atomic mass is 16.4. The average molecular weight is 281 g/mol. The molecule has 114 valence electrons. The summed E-state index contributed by atoms with van der Waals surface area (Å²) in [5.41, 5.74) is -0.311. The van der Waals surface area contributed by atoms with Gasteiger partial charge in [0.15, 0.2) is 0 Å². The van der Waals surface area contributed by atoms with E-state index in [0.29, 0.717) is 25.3 Å². The average Bonchev–Trinajstić information content (AvgIpc) is 2.71. The largest absolute Gasteiger partial charge is 0.481 e. The molecule has 0 aromatic rings. The molecule has 2 aliphatic rings. The van der Waals surface area contributed by atoms with Crippen molar-refractivity contribution >= 4 is 11.9 Å². The first-order valence-corrected chi connectivity index (χ1v) is 7.64. The molecule has 2 N–H and O–H groups in total. The minimum absolute atomic E-state index is 0.104. The van der Waals surface area contributed by atoms with Crippen molar-refractivity contribution < 1.29 is 14.7 Å². The summed E-state index contributed by atoms with van der Waals surface area (Å²) >= 11 is 0. The highest BCUT2D eigenvalue weighted by Crippen LogP contribution is 2.67. The van der Waals surface area contributed by atoms with E-state index in [4.69, 9.17) is 0 Å². The van der Waals surface area contributed by atoms with Gasteiger partial charge in [-0.2, -0.15) is 0 Å². The van der Waals surface area contributed by atoms with E-state index in [2.05, 4.69) is 33.0 Å². The van der Waals surface area contributed by atoms with Crippen molar-refractivity contribution in [3.05, 3.63) is 0 Å². The Labute approximate surface area is 121 Å². The number of hydrogen-bond acceptors (Lipinski definition) is 2. The minimum atomic E-state index is -0.808. The molecule has 0 bridgehead atoms. The van der Waals surface area contributed by atoms with E-state index in [-0.39, 0.29) is 23.2 Å². The van der Waals surface area contributed by atoms with Gasteiger partial charge in [-0.05, 0) is 29.6 Å². The fourth-order valence-electron chi connectivity index (χ4n) is 3.95. The lowest BCUT2D eigenvalue weighted by molar-refractivity contribution is -0.151. The topological polar surface area (TPSA) is 66.4 Å². The van der Waals surface area contributed by atoms with Crippen molar-refractivity contribution in [1.82, 2.24) is 5.32 Å². The molecule has 0 unspecified atom stereocenters. The maximum Gasteiger partial charge on any atom is 0.310 e. The van der Waals surface area contributed by atoms with Crippen molar-refractivity contribution in [2.45, 2.75) is 59.8 Å². The van der Waals surface area contributed by atoms with Crippen molar-refractivity contribution in [3.8, 4) is 0 Å². The van der Waals surface area contributed by atoms with Crippen LogP contribution in [0.4, 0.5) is 0 Å². The maximum atomic E-state index is 12.1. The summed E-state index contributed by atoms with van der Waals surface area (Å²) in [6.45, 7) is 9.55. The van der Waals surface area contributed by atoms with Gasteiger partial charge in [-0.3, -0.25) is 9.59 Å². The van der Waals surface area contributed by atoms with Crippen LogP contribution in [-0.4, -0.2) is 23.5 Å². The fourth-order valence-corrected chi connectivity index (χ4v) is 3.95. The summed E-state index contributed by atoms with van der Waals surface area (Å²) in [6.07, 6.45) is 3.24. The smallest absolute Gasteiger partial charge is 0.310 e. The van der Waals surface area contributed by atoms with E-state index in [1.165, 1.54) is 0 Å². The third kappa shape index (κ3) is 2.33. The predicted molar refractivity (Wildman–Crippen MR) is 77.2 cm³/mol. The zero-order chi connectivity index (χ0) is 15.2. The lowest BCUT2D eigenvalue weighted by Crippen LogP contribution is -2.36. The zero-order valence-corrected chi connectivity index (χ0v) is 13.1. The molecule has 0 aliphatic heterocycles. The van der Waals surface area contributed by atoms with Gasteiger partial charge in [-0.25, -0.2) is 0 Å². The summed E-state index contributed by atoms with van der Waals surface area (Å²) in [7, 11) is 0. The van der Waals surface area contributed by atoms with Crippen molar-refractivity contribution in [3.63, 3.8) is 0 Å². The zero-order valence-electron chi connectivity index (χ0n) is 13.1. The lowest BCUT2D eigenvalue weighted by Gasteiger charge is -2.23. The number of rotatable bonds is 5. The summed E-state index contributed by atoms with van der Waals surface area (Å²) in [6, 6.07) is 0. The van der Waals surface area contributed by atoms with E-state index in [1.54, 1.807) is 0 Å². The van der Waals surface area contributed by atoms with Crippen LogP contribution in [0.2, 0.25) is 0 Å². The molecule has 2 rings (SSSR count). The predicted octanol–water partition coefficient (Wildman–Crippen LogP) is 2.82. The number of carbonyl (C=O) groups is 2. The third-order valence-corrected chi connectivity index (χ3v) is 6.34. The number of aliphatic carboxylic acids is 1. The Balaban J connectivity index is 1.86. The number of carboxylic acids is 1. The van der Waals surface area contributed by atoms with Crippen LogP contribution in [0.1, 0.15) is 59.8 Å². The molecule has 4 heteroatoms. The van der Waals surface area contributed by atoms with Crippen molar-refractivity contribution in [2.24, 2.45) is 22.2 Å². The number of nitrogens with one attached hydrogen (secondary N) is 1. The summed E-state index contributed by atoms with van der Waals surface area (Å²) < 4.78 is 0. The Morgan fingerprint density at radius 2 is 1.60 bits per heavy atom. The highest BCUT2D eigenvalue weighted by Gasteiger charge is 2.64. The second-order valence-corrected chi connectivity index (χ2v) is 7.77. The van der Waals surface area contributed by atoms with E-state index in [9.17, 15) is 14.7 Å². The van der Waals surface area contributed by atoms with Crippen molar-refractivity contribution in [1.29, 1.82) is 0 Å². The summed E-state index contributed by atoms with van der Waals surface area (Å²) in [5, 5.41) is 12.3. The van der Waals surface area contributed by atoms with Crippen LogP contribution in [0.3, 0.4) is 0 Å². The van der Waals surface area contributed by atoms with Gasteiger partial charge in [-0.1, -0.05) is 40.5 Å². The number of carboxylic acid groups (broad SMARTS) is 1. The molecule has 2 fully saturated rings. The number of amides is 1. The number of hydrogen-bond donors (Lipinski definition) is 2.